The standard InChI is InChI=1S/C17H26N4O4S2/c1-12-18-13(11-27-12)10-20-5-4-6-21(8-7-20)17(26)19-14(16(23)25-3)9-15(22)24-2/h11,14H,4-10H2,1-3H3,(H,19,26). The number of esters is 2. The van der Waals surface area contributed by atoms with Gasteiger partial charge >= 0.3 is 11.9 Å². The number of nitrogens with zero attached hydrogens (tertiary/aromatic N) is 3. The zero-order valence-electron chi connectivity index (χ0n) is 15.9. The molecule has 27 heavy (non-hydrogen) atoms. The number of nitrogens with one attached hydrogen (secondary N) is 1. The van der Waals surface area contributed by atoms with Crippen molar-refractivity contribution in [3.05, 3.63) is 16.1 Å². The topological polar surface area (TPSA) is 84.0 Å². The highest BCUT2D eigenvalue weighted by Crippen LogP contribution is 2.13. The lowest BCUT2D eigenvalue weighted by atomic mass is 10.2. The summed E-state index contributed by atoms with van der Waals surface area (Å²) in [6.07, 6.45) is 0.817. The monoisotopic (exact) mass is 414 g/mol. The van der Waals surface area contributed by atoms with Crippen LogP contribution in [0.1, 0.15) is 23.5 Å². The molecule has 8 nitrogen and oxygen atoms in total. The van der Waals surface area contributed by atoms with Crippen LogP contribution in [-0.4, -0.2) is 78.3 Å². The molecule has 0 bridgehead atoms. The number of carbonyl (C=O) groups excluding carboxylic acids is 2. The highest BCUT2D eigenvalue weighted by molar-refractivity contribution is 7.80. The highest BCUT2D eigenvalue weighted by Gasteiger charge is 2.26. The van der Waals surface area contributed by atoms with Gasteiger partial charge in [0.2, 0.25) is 0 Å². The van der Waals surface area contributed by atoms with Crippen LogP contribution in [0.5, 0.6) is 0 Å². The Morgan fingerprint density at radius 2 is 2.07 bits per heavy atom. The molecule has 1 aromatic rings. The highest BCUT2D eigenvalue weighted by atomic mass is 32.1. The summed E-state index contributed by atoms with van der Waals surface area (Å²) in [5.41, 5.74) is 1.09. The number of aromatic nitrogens is 1. The smallest absolute Gasteiger partial charge is 0.328 e. The van der Waals surface area contributed by atoms with Gasteiger partial charge in [-0.05, 0) is 25.6 Å². The molecule has 1 unspecified atom stereocenters. The molecule has 1 aliphatic rings. The number of hydrogen-bond donors (Lipinski definition) is 1. The Labute approximate surface area is 168 Å². The van der Waals surface area contributed by atoms with Crippen molar-refractivity contribution < 1.29 is 19.1 Å². The van der Waals surface area contributed by atoms with Crippen LogP contribution in [-0.2, 0) is 25.6 Å². The summed E-state index contributed by atoms with van der Waals surface area (Å²) < 4.78 is 9.39. The fraction of sp³-hybridized carbons (Fsp3) is 0.647. The van der Waals surface area contributed by atoms with Gasteiger partial charge in [0.25, 0.3) is 0 Å². The third-order valence-electron chi connectivity index (χ3n) is 4.31. The summed E-state index contributed by atoms with van der Waals surface area (Å²) in [6, 6.07) is -0.854. The van der Waals surface area contributed by atoms with Crippen LogP contribution in [0.3, 0.4) is 0 Å². The molecule has 0 aromatic carbocycles. The summed E-state index contributed by atoms with van der Waals surface area (Å²) in [6.45, 7) is 6.15. The molecule has 1 N–H and O–H groups in total. The van der Waals surface area contributed by atoms with Gasteiger partial charge < -0.3 is 19.7 Å². The van der Waals surface area contributed by atoms with Gasteiger partial charge in [-0.15, -0.1) is 11.3 Å². The maximum atomic E-state index is 11.9. The third kappa shape index (κ3) is 6.71. The summed E-state index contributed by atoms with van der Waals surface area (Å²) in [7, 11) is 2.56. The Balaban J connectivity index is 1.89. The lowest BCUT2D eigenvalue weighted by Gasteiger charge is -2.27. The van der Waals surface area contributed by atoms with Crippen LogP contribution in [0, 0.1) is 6.92 Å². The number of carbonyl (C=O) groups is 2. The number of rotatable bonds is 6. The predicted molar refractivity (Wildman–Crippen MR) is 106 cm³/mol. The number of aryl methyl sites for hydroxylation is 1. The molecule has 10 heteroatoms. The lowest BCUT2D eigenvalue weighted by molar-refractivity contribution is -0.149. The van der Waals surface area contributed by atoms with E-state index < -0.39 is 18.0 Å². The van der Waals surface area contributed by atoms with Gasteiger partial charge in [-0.25, -0.2) is 9.78 Å². The summed E-state index contributed by atoms with van der Waals surface area (Å²) in [5.74, 6) is -1.04. The fourth-order valence-corrected chi connectivity index (χ4v) is 3.80. The zero-order chi connectivity index (χ0) is 19.8. The quantitative estimate of drug-likeness (QED) is 0.540. The Kier molecular flexibility index (Phi) is 8.39. The van der Waals surface area contributed by atoms with Crippen LogP contribution in [0.2, 0.25) is 0 Å². The molecule has 0 aliphatic carbocycles. The van der Waals surface area contributed by atoms with Gasteiger partial charge in [0.15, 0.2) is 5.11 Å². The first-order valence-corrected chi connectivity index (χ1v) is 10.0. The van der Waals surface area contributed by atoms with E-state index >= 15 is 0 Å². The maximum absolute atomic E-state index is 11.9. The van der Waals surface area contributed by atoms with Crippen molar-refractivity contribution in [2.24, 2.45) is 0 Å². The minimum Gasteiger partial charge on any atom is -0.469 e. The van der Waals surface area contributed by atoms with Gasteiger partial charge in [-0.2, -0.15) is 0 Å². The molecule has 0 saturated carbocycles. The first kappa shape index (κ1) is 21.5. The van der Waals surface area contributed by atoms with Crippen molar-refractivity contribution >= 4 is 40.6 Å². The maximum Gasteiger partial charge on any atom is 0.328 e. The van der Waals surface area contributed by atoms with Crippen molar-refractivity contribution in [1.82, 2.24) is 20.1 Å². The lowest BCUT2D eigenvalue weighted by Crippen LogP contribution is -2.49. The van der Waals surface area contributed by atoms with E-state index in [1.54, 1.807) is 11.3 Å². The molecule has 1 saturated heterocycles. The van der Waals surface area contributed by atoms with Gasteiger partial charge in [0.05, 0.1) is 31.3 Å². The van der Waals surface area contributed by atoms with Crippen molar-refractivity contribution in [2.75, 3.05) is 40.4 Å². The number of hydrogen-bond acceptors (Lipinski definition) is 8. The molecule has 1 fully saturated rings. The van der Waals surface area contributed by atoms with Gasteiger partial charge in [0.1, 0.15) is 6.04 Å². The Morgan fingerprint density at radius 1 is 1.30 bits per heavy atom. The Hall–Kier alpha value is -1.78. The van der Waals surface area contributed by atoms with Crippen LogP contribution in [0.15, 0.2) is 5.38 Å². The molecule has 0 radical (unpaired) electrons. The molecule has 1 aliphatic heterocycles. The second-order valence-electron chi connectivity index (χ2n) is 6.28. The summed E-state index contributed by atoms with van der Waals surface area (Å²) in [5, 5.41) is 6.57. The van der Waals surface area contributed by atoms with Crippen molar-refractivity contribution in [2.45, 2.75) is 32.4 Å². The number of thiocarbonyl (C=S) groups is 1. The molecule has 150 valence electrons. The Morgan fingerprint density at radius 3 is 2.70 bits per heavy atom. The average Bonchev–Trinajstić information content (AvgIpc) is 2.92. The average molecular weight is 415 g/mol. The molecule has 1 atom stereocenters. The van der Waals surface area contributed by atoms with E-state index in [0.717, 1.165) is 49.8 Å². The van der Waals surface area contributed by atoms with Crippen LogP contribution in [0.25, 0.3) is 0 Å². The van der Waals surface area contributed by atoms with E-state index in [4.69, 9.17) is 17.0 Å². The zero-order valence-corrected chi connectivity index (χ0v) is 17.5. The minimum atomic E-state index is -0.854. The number of ether oxygens (including phenoxy) is 2. The summed E-state index contributed by atoms with van der Waals surface area (Å²) >= 11 is 7.13. The molecular formula is C17H26N4O4S2. The molecule has 0 spiro atoms. The van der Waals surface area contributed by atoms with E-state index in [0.29, 0.717) is 5.11 Å². The van der Waals surface area contributed by atoms with E-state index in [1.165, 1.54) is 14.2 Å². The van der Waals surface area contributed by atoms with E-state index in [2.05, 4.69) is 25.3 Å². The minimum absolute atomic E-state index is 0.132. The van der Waals surface area contributed by atoms with Gasteiger partial charge in [-0.1, -0.05) is 0 Å². The third-order valence-corrected chi connectivity index (χ3v) is 5.51. The van der Waals surface area contributed by atoms with Crippen LogP contribution in [0.4, 0.5) is 0 Å². The van der Waals surface area contributed by atoms with Crippen molar-refractivity contribution in [1.29, 1.82) is 0 Å². The van der Waals surface area contributed by atoms with Crippen LogP contribution < -0.4 is 5.32 Å². The predicted octanol–water partition coefficient (Wildman–Crippen LogP) is 0.938. The van der Waals surface area contributed by atoms with Crippen LogP contribution >= 0.6 is 23.6 Å². The first-order valence-electron chi connectivity index (χ1n) is 8.76. The van der Waals surface area contributed by atoms with Crippen molar-refractivity contribution in [3.63, 3.8) is 0 Å². The largest absolute Gasteiger partial charge is 0.469 e. The first-order chi connectivity index (χ1) is 12.9. The fourth-order valence-electron chi connectivity index (χ4n) is 2.87. The normalized spacial score (nSPS) is 16.3. The second-order valence-corrected chi connectivity index (χ2v) is 7.73. The number of thiazole rings is 1. The van der Waals surface area contributed by atoms with Gasteiger partial charge in [-0.3, -0.25) is 9.69 Å². The SMILES string of the molecule is COC(=O)CC(NC(=S)N1CCCN(Cc2csc(C)n2)CC1)C(=O)OC. The molecular weight excluding hydrogens is 388 g/mol. The molecule has 0 amide bonds. The van der Waals surface area contributed by atoms with E-state index in [-0.39, 0.29) is 6.42 Å². The van der Waals surface area contributed by atoms with Gasteiger partial charge in [0, 0.05) is 38.1 Å². The van der Waals surface area contributed by atoms with E-state index in [9.17, 15) is 9.59 Å². The number of methoxy groups -OCH3 is 2. The summed E-state index contributed by atoms with van der Waals surface area (Å²) in [4.78, 5) is 32.4. The molecule has 2 heterocycles. The molecule has 1 aromatic heterocycles. The molecule has 2 rings (SSSR count). The Bertz CT molecular complexity index is 667. The van der Waals surface area contributed by atoms with Crippen molar-refractivity contribution in [3.8, 4) is 0 Å². The second kappa shape index (κ2) is 10.5. The van der Waals surface area contributed by atoms with E-state index in [1.807, 2.05) is 11.8 Å².